The Bertz CT molecular complexity index is 1090. The monoisotopic (exact) mass is 431 g/mol. The zero-order valence-corrected chi connectivity index (χ0v) is 17.1. The molecule has 2 atom stereocenters. The molecule has 0 radical (unpaired) electrons. The standard InChI is InChI=1S/C20H19F2N5O2S/c1-10-6-25-20(30-2)27-17(10)16(15-9-29-15)14-8-23-18(26-14)19(28)24-7-11-3-4-12(21)13(22)5-11/h3-6,8,15-16H,7,9H2,1-2H3,(H,23,26)(H,24,28)/t15-,16?/m0/s1. The number of imidazole rings is 1. The highest BCUT2D eigenvalue weighted by molar-refractivity contribution is 7.98. The summed E-state index contributed by atoms with van der Waals surface area (Å²) in [7, 11) is 0. The van der Waals surface area contributed by atoms with E-state index in [1.165, 1.54) is 17.8 Å². The van der Waals surface area contributed by atoms with Crippen LogP contribution in [0.2, 0.25) is 0 Å². The highest BCUT2D eigenvalue weighted by Gasteiger charge is 2.39. The Hall–Kier alpha value is -2.85. The summed E-state index contributed by atoms with van der Waals surface area (Å²) in [6, 6.07) is 3.48. The number of nitrogens with one attached hydrogen (secondary N) is 2. The van der Waals surface area contributed by atoms with Crippen molar-refractivity contribution in [3.05, 3.63) is 70.6 Å². The number of benzene rings is 1. The number of aryl methyl sites for hydroxylation is 1. The summed E-state index contributed by atoms with van der Waals surface area (Å²) in [6.45, 7) is 2.56. The maximum absolute atomic E-state index is 13.3. The van der Waals surface area contributed by atoms with E-state index in [-0.39, 0.29) is 24.4 Å². The fourth-order valence-corrected chi connectivity index (χ4v) is 3.48. The fourth-order valence-electron chi connectivity index (χ4n) is 3.13. The van der Waals surface area contributed by atoms with Gasteiger partial charge in [0.05, 0.1) is 30.0 Å². The van der Waals surface area contributed by atoms with Crippen molar-refractivity contribution >= 4 is 17.7 Å². The van der Waals surface area contributed by atoms with E-state index in [2.05, 4.69) is 25.3 Å². The second-order valence-corrected chi connectivity index (χ2v) is 7.65. The van der Waals surface area contributed by atoms with Crippen molar-refractivity contribution in [1.29, 1.82) is 0 Å². The van der Waals surface area contributed by atoms with E-state index in [1.807, 2.05) is 13.2 Å². The Morgan fingerprint density at radius 1 is 1.37 bits per heavy atom. The highest BCUT2D eigenvalue weighted by atomic mass is 32.2. The number of hydrogen-bond donors (Lipinski definition) is 2. The Morgan fingerprint density at radius 2 is 2.17 bits per heavy atom. The first kappa shape index (κ1) is 20.4. The third-order valence-electron chi connectivity index (χ3n) is 4.77. The van der Waals surface area contributed by atoms with Gasteiger partial charge in [0.15, 0.2) is 22.6 Å². The molecule has 156 valence electrons. The number of H-pyrrole nitrogens is 1. The normalized spacial score (nSPS) is 16.3. The largest absolute Gasteiger partial charge is 0.372 e. The number of epoxide rings is 1. The quantitative estimate of drug-likeness (QED) is 0.339. The molecule has 1 unspecified atom stereocenters. The van der Waals surface area contributed by atoms with Gasteiger partial charge in [0, 0.05) is 18.9 Å². The molecule has 0 bridgehead atoms. The third kappa shape index (κ3) is 4.34. The van der Waals surface area contributed by atoms with Crippen molar-refractivity contribution in [2.45, 2.75) is 30.6 Å². The fraction of sp³-hybridized carbons (Fsp3) is 0.300. The van der Waals surface area contributed by atoms with Crippen LogP contribution in [0.25, 0.3) is 0 Å². The molecule has 2 N–H and O–H groups in total. The molecule has 7 nitrogen and oxygen atoms in total. The predicted molar refractivity (Wildman–Crippen MR) is 106 cm³/mol. The van der Waals surface area contributed by atoms with Crippen LogP contribution in [0.4, 0.5) is 8.78 Å². The number of ether oxygens (including phenoxy) is 1. The van der Waals surface area contributed by atoms with Gasteiger partial charge < -0.3 is 15.0 Å². The molecule has 1 saturated heterocycles. The van der Waals surface area contributed by atoms with Crippen molar-refractivity contribution in [1.82, 2.24) is 25.3 Å². The minimum atomic E-state index is -0.959. The first-order chi connectivity index (χ1) is 14.5. The van der Waals surface area contributed by atoms with Gasteiger partial charge in [0.1, 0.15) is 0 Å². The Balaban J connectivity index is 1.51. The van der Waals surface area contributed by atoms with Crippen LogP contribution in [-0.4, -0.2) is 44.8 Å². The summed E-state index contributed by atoms with van der Waals surface area (Å²) in [6.07, 6.45) is 5.28. The summed E-state index contributed by atoms with van der Waals surface area (Å²) in [4.78, 5) is 28.7. The van der Waals surface area contributed by atoms with E-state index in [1.54, 1.807) is 12.4 Å². The Labute approximate surface area is 175 Å². The van der Waals surface area contributed by atoms with E-state index in [9.17, 15) is 13.6 Å². The minimum Gasteiger partial charge on any atom is -0.372 e. The van der Waals surface area contributed by atoms with Crippen LogP contribution in [0, 0.1) is 18.6 Å². The van der Waals surface area contributed by atoms with Gasteiger partial charge in [-0.15, -0.1) is 0 Å². The number of amides is 1. The molecule has 30 heavy (non-hydrogen) atoms. The van der Waals surface area contributed by atoms with Gasteiger partial charge >= 0.3 is 0 Å². The number of aromatic amines is 1. The van der Waals surface area contributed by atoms with E-state index in [4.69, 9.17) is 4.74 Å². The minimum absolute atomic E-state index is 0.0450. The number of nitrogens with zero attached hydrogens (tertiary/aromatic N) is 3. The molecule has 0 spiro atoms. The molecule has 0 aliphatic carbocycles. The molecule has 3 aromatic rings. The summed E-state index contributed by atoms with van der Waals surface area (Å²) in [5.41, 5.74) is 2.82. The Kier molecular flexibility index (Phi) is 5.78. The smallest absolute Gasteiger partial charge is 0.287 e. The van der Waals surface area contributed by atoms with Crippen molar-refractivity contribution in [3.8, 4) is 0 Å². The van der Waals surface area contributed by atoms with Crippen LogP contribution in [0.15, 0.2) is 35.7 Å². The van der Waals surface area contributed by atoms with Crippen molar-refractivity contribution in [3.63, 3.8) is 0 Å². The van der Waals surface area contributed by atoms with Crippen LogP contribution >= 0.6 is 11.8 Å². The number of hydrogen-bond acceptors (Lipinski definition) is 6. The molecule has 2 aromatic heterocycles. The van der Waals surface area contributed by atoms with Gasteiger partial charge in [0.2, 0.25) is 0 Å². The lowest BCUT2D eigenvalue weighted by Gasteiger charge is -2.14. The number of carbonyl (C=O) groups is 1. The number of aromatic nitrogens is 4. The van der Waals surface area contributed by atoms with Crippen LogP contribution in [-0.2, 0) is 11.3 Å². The van der Waals surface area contributed by atoms with Crippen LogP contribution in [0.3, 0.4) is 0 Å². The molecule has 10 heteroatoms. The average molecular weight is 431 g/mol. The lowest BCUT2D eigenvalue weighted by molar-refractivity contribution is 0.0941. The number of carbonyl (C=O) groups excluding carboxylic acids is 1. The zero-order valence-electron chi connectivity index (χ0n) is 16.3. The van der Waals surface area contributed by atoms with Crippen molar-refractivity contribution < 1.29 is 18.3 Å². The van der Waals surface area contributed by atoms with Crippen LogP contribution in [0.1, 0.15) is 39.1 Å². The van der Waals surface area contributed by atoms with Crippen LogP contribution < -0.4 is 5.32 Å². The lowest BCUT2D eigenvalue weighted by atomic mass is 9.95. The number of thioether (sulfide) groups is 1. The van der Waals surface area contributed by atoms with Gasteiger partial charge in [0.25, 0.3) is 5.91 Å². The molecule has 1 fully saturated rings. The van der Waals surface area contributed by atoms with E-state index >= 15 is 0 Å². The van der Waals surface area contributed by atoms with E-state index < -0.39 is 17.5 Å². The average Bonchev–Trinajstić information content (AvgIpc) is 3.46. The molecular formula is C20H19F2N5O2S. The van der Waals surface area contributed by atoms with E-state index in [0.717, 1.165) is 23.4 Å². The SMILES string of the molecule is CSc1ncc(C)c(C(c2c[nH]c(C(=O)NCc3ccc(F)c(F)c3)n2)[C@@H]2CO2)n1. The second-order valence-electron chi connectivity index (χ2n) is 6.88. The maximum Gasteiger partial charge on any atom is 0.287 e. The molecule has 4 rings (SSSR count). The van der Waals surface area contributed by atoms with E-state index in [0.29, 0.717) is 23.0 Å². The number of rotatable bonds is 7. The van der Waals surface area contributed by atoms with Crippen molar-refractivity contribution in [2.24, 2.45) is 0 Å². The summed E-state index contributed by atoms with van der Waals surface area (Å²) in [5, 5.41) is 3.30. The first-order valence-electron chi connectivity index (χ1n) is 9.23. The Morgan fingerprint density at radius 3 is 2.87 bits per heavy atom. The first-order valence-corrected chi connectivity index (χ1v) is 10.4. The molecule has 1 aromatic carbocycles. The summed E-state index contributed by atoms with van der Waals surface area (Å²) >= 11 is 1.45. The molecule has 1 amide bonds. The topological polar surface area (TPSA) is 96.1 Å². The van der Waals surface area contributed by atoms with Crippen molar-refractivity contribution in [2.75, 3.05) is 12.9 Å². The second kappa shape index (κ2) is 8.49. The van der Waals surface area contributed by atoms with Crippen LogP contribution in [0.5, 0.6) is 0 Å². The predicted octanol–water partition coefficient (Wildman–Crippen LogP) is 2.97. The summed E-state index contributed by atoms with van der Waals surface area (Å²) in [5.74, 6) is -2.44. The maximum atomic E-state index is 13.3. The van der Waals surface area contributed by atoms with Gasteiger partial charge in [-0.25, -0.2) is 23.7 Å². The highest BCUT2D eigenvalue weighted by Crippen LogP contribution is 2.36. The third-order valence-corrected chi connectivity index (χ3v) is 5.33. The molecule has 1 aliphatic heterocycles. The van der Waals surface area contributed by atoms with Gasteiger partial charge in [-0.2, -0.15) is 0 Å². The lowest BCUT2D eigenvalue weighted by Crippen LogP contribution is -2.24. The molecule has 1 aliphatic rings. The zero-order chi connectivity index (χ0) is 21.3. The molecular weight excluding hydrogens is 412 g/mol. The molecule has 3 heterocycles. The molecule has 0 saturated carbocycles. The number of halogens is 2. The van der Waals surface area contributed by atoms with Gasteiger partial charge in [-0.3, -0.25) is 4.79 Å². The van der Waals surface area contributed by atoms with Gasteiger partial charge in [-0.1, -0.05) is 17.8 Å². The van der Waals surface area contributed by atoms with Gasteiger partial charge in [-0.05, 0) is 36.4 Å². The summed E-state index contributed by atoms with van der Waals surface area (Å²) < 4.78 is 31.9.